The van der Waals surface area contributed by atoms with E-state index in [0.717, 1.165) is 10.9 Å². The van der Waals surface area contributed by atoms with E-state index in [9.17, 15) is 12.3 Å². The first kappa shape index (κ1) is 9.21. The van der Waals surface area contributed by atoms with E-state index >= 15 is 0 Å². The lowest BCUT2D eigenvalue weighted by Crippen LogP contribution is -1.96. The zero-order valence-electron chi connectivity index (χ0n) is 7.20. The van der Waals surface area contributed by atoms with Crippen molar-refractivity contribution in [3.8, 4) is 0 Å². The summed E-state index contributed by atoms with van der Waals surface area (Å²) in [7, 11) is -4.46. The van der Waals surface area contributed by atoms with E-state index < -0.39 is 16.0 Å². The van der Waals surface area contributed by atoms with Gasteiger partial charge in [0.1, 0.15) is 5.75 Å². The average molecular weight is 213 g/mol. The summed E-state index contributed by atoms with van der Waals surface area (Å²) in [6.45, 7) is 0. The monoisotopic (exact) mass is 213 g/mol. The smallest absolute Gasteiger partial charge is 0.306 e. The molecule has 2 aromatic rings. The third kappa shape index (κ3) is 1.77. The molecule has 0 saturated carbocycles. The van der Waals surface area contributed by atoms with E-state index in [2.05, 4.69) is 4.98 Å². The summed E-state index contributed by atoms with van der Waals surface area (Å²) in [4.78, 5) is 2.93. The number of rotatable bonds is 2. The summed E-state index contributed by atoms with van der Waals surface area (Å²) in [5.74, 6) is -0.567. The van der Waals surface area contributed by atoms with Gasteiger partial charge in [-0.15, -0.1) is 3.89 Å². The molecule has 0 aliphatic carbocycles. The number of H-pyrrole nitrogens is 1. The number of hydrogen-bond acceptors (Lipinski definition) is 2. The van der Waals surface area contributed by atoms with Crippen LogP contribution < -0.4 is 0 Å². The van der Waals surface area contributed by atoms with Gasteiger partial charge in [-0.25, -0.2) is 0 Å². The van der Waals surface area contributed by atoms with Gasteiger partial charge < -0.3 is 4.98 Å². The molecule has 0 saturated heterocycles. The molecule has 5 heteroatoms. The van der Waals surface area contributed by atoms with Gasteiger partial charge in [0.05, 0.1) is 0 Å². The molecule has 2 rings (SSSR count). The zero-order valence-corrected chi connectivity index (χ0v) is 8.01. The molecular formula is C9H8FNO2S. The molecule has 0 radical (unpaired) electrons. The first-order valence-electron chi connectivity index (χ1n) is 4.03. The third-order valence-electron chi connectivity index (χ3n) is 2.01. The number of halogens is 1. The molecule has 0 spiro atoms. The fourth-order valence-electron chi connectivity index (χ4n) is 1.46. The second-order valence-corrected chi connectivity index (χ2v) is 4.41. The molecular weight excluding hydrogens is 205 g/mol. The lowest BCUT2D eigenvalue weighted by molar-refractivity contribution is 0.551. The third-order valence-corrected chi connectivity index (χ3v) is 2.67. The molecule has 0 aliphatic rings. The summed E-state index contributed by atoms with van der Waals surface area (Å²) >= 11 is 0. The van der Waals surface area contributed by atoms with Gasteiger partial charge in [-0.2, -0.15) is 8.42 Å². The van der Waals surface area contributed by atoms with Crippen molar-refractivity contribution in [1.82, 2.24) is 4.98 Å². The molecule has 0 bridgehead atoms. The number of aromatic nitrogens is 1. The molecule has 1 aromatic carbocycles. The summed E-state index contributed by atoms with van der Waals surface area (Å²) in [5, 5.41) is 0.744. The molecule has 14 heavy (non-hydrogen) atoms. The van der Waals surface area contributed by atoms with Crippen molar-refractivity contribution in [1.29, 1.82) is 0 Å². The van der Waals surface area contributed by atoms with E-state index in [1.807, 2.05) is 6.07 Å². The summed E-state index contributed by atoms with van der Waals surface area (Å²) in [5.41, 5.74) is 1.29. The van der Waals surface area contributed by atoms with Gasteiger partial charge in [-0.05, 0) is 17.7 Å². The Balaban J connectivity index is 2.57. The van der Waals surface area contributed by atoms with Crippen LogP contribution in [0.15, 0.2) is 30.5 Å². The largest absolute Gasteiger partial charge is 0.361 e. The van der Waals surface area contributed by atoms with Crippen molar-refractivity contribution < 1.29 is 12.3 Å². The van der Waals surface area contributed by atoms with Crippen LogP contribution >= 0.6 is 0 Å². The maximum Gasteiger partial charge on any atom is 0.306 e. The van der Waals surface area contributed by atoms with Crippen LogP contribution in [0.1, 0.15) is 5.56 Å². The molecule has 0 unspecified atom stereocenters. The topological polar surface area (TPSA) is 49.9 Å². The lowest BCUT2D eigenvalue weighted by Gasteiger charge is -1.98. The Bertz CT molecular complexity index is 559. The van der Waals surface area contributed by atoms with Gasteiger partial charge in [0.15, 0.2) is 0 Å². The Morgan fingerprint density at radius 3 is 2.79 bits per heavy atom. The van der Waals surface area contributed by atoms with Crippen molar-refractivity contribution in [2.75, 3.05) is 0 Å². The molecule has 0 aliphatic heterocycles. The molecule has 1 aromatic heterocycles. The maximum atomic E-state index is 12.5. The highest BCUT2D eigenvalue weighted by Gasteiger charge is 2.11. The van der Waals surface area contributed by atoms with Crippen LogP contribution in [0, 0.1) is 0 Å². The van der Waals surface area contributed by atoms with Gasteiger partial charge in [-0.1, -0.05) is 12.1 Å². The molecule has 1 heterocycles. The van der Waals surface area contributed by atoms with E-state index in [1.165, 1.54) is 0 Å². The second kappa shape index (κ2) is 3.09. The van der Waals surface area contributed by atoms with Crippen molar-refractivity contribution >= 4 is 21.1 Å². The summed E-state index contributed by atoms with van der Waals surface area (Å²) < 4.78 is 33.4. The number of hydrogen-bond donors (Lipinski definition) is 1. The lowest BCUT2D eigenvalue weighted by atomic mass is 10.1. The fraction of sp³-hybridized carbons (Fsp3) is 0.111. The first-order chi connectivity index (χ1) is 6.56. The normalized spacial score (nSPS) is 12.1. The standard InChI is InChI=1S/C9H8FNO2S/c10-14(12,13)6-7-2-1-3-9-8(7)4-5-11-9/h1-5,11H,6H2. The number of nitrogens with one attached hydrogen (secondary N) is 1. The van der Waals surface area contributed by atoms with Crippen molar-refractivity contribution in [2.45, 2.75) is 5.75 Å². The number of benzene rings is 1. The van der Waals surface area contributed by atoms with E-state index in [1.54, 1.807) is 24.4 Å². The van der Waals surface area contributed by atoms with Gasteiger partial charge in [0, 0.05) is 17.1 Å². The molecule has 0 amide bonds. The Morgan fingerprint density at radius 2 is 2.07 bits per heavy atom. The van der Waals surface area contributed by atoms with Gasteiger partial charge in [-0.3, -0.25) is 0 Å². The Kier molecular flexibility index (Phi) is 2.03. The molecule has 74 valence electrons. The van der Waals surface area contributed by atoms with Crippen LogP contribution in [0.3, 0.4) is 0 Å². The molecule has 3 nitrogen and oxygen atoms in total. The summed E-state index contributed by atoms with van der Waals surface area (Å²) in [6, 6.07) is 6.84. The molecule has 0 atom stereocenters. The zero-order chi connectivity index (χ0) is 10.2. The van der Waals surface area contributed by atoms with Crippen molar-refractivity contribution in [3.63, 3.8) is 0 Å². The van der Waals surface area contributed by atoms with E-state index in [0.29, 0.717) is 5.56 Å². The Labute approximate surface area is 80.8 Å². The van der Waals surface area contributed by atoms with Crippen LogP contribution in [-0.4, -0.2) is 13.4 Å². The Morgan fingerprint density at radius 1 is 1.29 bits per heavy atom. The van der Waals surface area contributed by atoms with Crippen molar-refractivity contribution in [2.24, 2.45) is 0 Å². The minimum absolute atomic E-state index is 0.478. The molecule has 0 fully saturated rings. The minimum Gasteiger partial charge on any atom is -0.361 e. The highest BCUT2D eigenvalue weighted by Crippen LogP contribution is 2.19. The predicted molar refractivity (Wildman–Crippen MR) is 52.0 cm³/mol. The highest BCUT2D eigenvalue weighted by atomic mass is 32.3. The van der Waals surface area contributed by atoms with Gasteiger partial charge >= 0.3 is 10.2 Å². The SMILES string of the molecule is O=S(=O)(F)Cc1cccc2[nH]ccc12. The second-order valence-electron chi connectivity index (χ2n) is 3.04. The summed E-state index contributed by atoms with van der Waals surface area (Å²) in [6.07, 6.45) is 1.69. The van der Waals surface area contributed by atoms with Crippen LogP contribution in [0.5, 0.6) is 0 Å². The predicted octanol–water partition coefficient (Wildman–Crippen LogP) is 1.97. The Hall–Kier alpha value is -1.36. The van der Waals surface area contributed by atoms with E-state index in [4.69, 9.17) is 0 Å². The van der Waals surface area contributed by atoms with Crippen molar-refractivity contribution in [3.05, 3.63) is 36.0 Å². The quantitative estimate of drug-likeness (QED) is 0.775. The van der Waals surface area contributed by atoms with Crippen LogP contribution in [0.25, 0.3) is 10.9 Å². The average Bonchev–Trinajstić information content (AvgIpc) is 2.49. The van der Waals surface area contributed by atoms with Crippen LogP contribution in [0.4, 0.5) is 3.89 Å². The number of aromatic amines is 1. The number of fused-ring (bicyclic) bond motifs is 1. The fourth-order valence-corrected chi connectivity index (χ4v) is 2.09. The van der Waals surface area contributed by atoms with Crippen LogP contribution in [-0.2, 0) is 16.0 Å². The van der Waals surface area contributed by atoms with E-state index in [-0.39, 0.29) is 0 Å². The first-order valence-corrected chi connectivity index (χ1v) is 5.59. The van der Waals surface area contributed by atoms with Gasteiger partial charge in [0.2, 0.25) is 0 Å². The minimum atomic E-state index is -4.46. The maximum absolute atomic E-state index is 12.5. The van der Waals surface area contributed by atoms with Crippen LogP contribution in [0.2, 0.25) is 0 Å². The molecule has 1 N–H and O–H groups in total. The highest BCUT2D eigenvalue weighted by molar-refractivity contribution is 7.85. The van der Waals surface area contributed by atoms with Gasteiger partial charge in [0.25, 0.3) is 0 Å².